The first-order valence-electron chi connectivity index (χ1n) is 8.91. The minimum Gasteiger partial charge on any atom is -0.303 e. The van der Waals surface area contributed by atoms with Crippen LogP contribution in [0.4, 0.5) is 5.69 Å². The van der Waals surface area contributed by atoms with Crippen LogP contribution in [-0.2, 0) is 4.79 Å². The maximum Gasteiger partial charge on any atom is 0.228 e. The Morgan fingerprint density at radius 1 is 0.889 bits per heavy atom. The van der Waals surface area contributed by atoms with E-state index >= 15 is 0 Å². The molecule has 3 aromatic rings. The lowest BCUT2D eigenvalue weighted by atomic mass is 10.1. The average Bonchev–Trinajstić information content (AvgIpc) is 2.86. The normalized spacial score (nSPS) is 16.5. The molecule has 0 fully saturated rings. The smallest absolute Gasteiger partial charge is 0.228 e. The van der Waals surface area contributed by atoms with Gasteiger partial charge in [0.2, 0.25) is 5.91 Å². The molecular weight excluding hydrogens is 354 g/mol. The van der Waals surface area contributed by atoms with E-state index in [1.54, 1.807) is 28.8 Å². The van der Waals surface area contributed by atoms with Gasteiger partial charge in [-0.2, -0.15) is 0 Å². The Morgan fingerprint density at radius 3 is 2.26 bits per heavy atom. The lowest BCUT2D eigenvalue weighted by Gasteiger charge is -2.22. The Bertz CT molecular complexity index is 956. The summed E-state index contributed by atoms with van der Waals surface area (Å²) in [6.45, 7) is 0.0575. The van der Waals surface area contributed by atoms with E-state index in [-0.39, 0.29) is 23.5 Å². The van der Waals surface area contributed by atoms with Gasteiger partial charge in [-0.05, 0) is 17.7 Å². The number of hydrogen-bond acceptors (Lipinski definition) is 3. The fourth-order valence-corrected chi connectivity index (χ4v) is 4.55. The van der Waals surface area contributed by atoms with Crippen molar-refractivity contribution >= 4 is 29.1 Å². The molecule has 134 valence electrons. The number of carbonyl (C=O) groups excluding carboxylic acids is 2. The fraction of sp³-hybridized carbons (Fsp3) is 0.130. The number of amides is 1. The minimum absolute atomic E-state index is 0.0226. The average molecular weight is 373 g/mol. The lowest BCUT2D eigenvalue weighted by Crippen LogP contribution is -2.35. The second-order valence-electron chi connectivity index (χ2n) is 6.46. The van der Waals surface area contributed by atoms with E-state index in [4.69, 9.17) is 0 Å². The lowest BCUT2D eigenvalue weighted by molar-refractivity contribution is -0.118. The predicted octanol–water partition coefficient (Wildman–Crippen LogP) is 5.14. The van der Waals surface area contributed by atoms with Crippen molar-refractivity contribution in [1.29, 1.82) is 0 Å². The van der Waals surface area contributed by atoms with Gasteiger partial charge in [-0.15, -0.1) is 11.8 Å². The Balaban J connectivity index is 1.66. The molecule has 27 heavy (non-hydrogen) atoms. The molecule has 1 aliphatic heterocycles. The van der Waals surface area contributed by atoms with Crippen molar-refractivity contribution in [3.63, 3.8) is 0 Å². The van der Waals surface area contributed by atoms with Gasteiger partial charge in [0.1, 0.15) is 0 Å². The van der Waals surface area contributed by atoms with Crippen LogP contribution < -0.4 is 4.90 Å². The van der Waals surface area contributed by atoms with Gasteiger partial charge in [0.25, 0.3) is 0 Å². The van der Waals surface area contributed by atoms with Crippen molar-refractivity contribution < 1.29 is 9.59 Å². The number of ketones is 1. The molecule has 0 aromatic heterocycles. The van der Waals surface area contributed by atoms with Crippen LogP contribution in [0.5, 0.6) is 0 Å². The van der Waals surface area contributed by atoms with Crippen LogP contribution in [0.3, 0.4) is 0 Å². The molecule has 0 radical (unpaired) electrons. The molecule has 3 aromatic carbocycles. The maximum absolute atomic E-state index is 13.1. The molecule has 1 unspecified atom stereocenters. The molecule has 0 saturated carbocycles. The van der Waals surface area contributed by atoms with Crippen LogP contribution in [-0.4, -0.2) is 18.2 Å². The number of nitrogens with zero attached hydrogens (tertiary/aromatic N) is 1. The number of para-hydroxylation sites is 1. The number of thioether (sulfide) groups is 1. The van der Waals surface area contributed by atoms with Crippen molar-refractivity contribution in [2.45, 2.75) is 16.6 Å². The van der Waals surface area contributed by atoms with E-state index in [2.05, 4.69) is 12.1 Å². The summed E-state index contributed by atoms with van der Waals surface area (Å²) >= 11 is 1.69. The largest absolute Gasteiger partial charge is 0.303 e. The second-order valence-corrected chi connectivity index (χ2v) is 7.70. The summed E-state index contributed by atoms with van der Waals surface area (Å²) in [5, 5.41) is 0.0386. The van der Waals surface area contributed by atoms with Gasteiger partial charge in [0.15, 0.2) is 5.78 Å². The Kier molecular flexibility index (Phi) is 5.07. The Labute approximate surface area is 163 Å². The molecule has 1 heterocycles. The number of hydrogen-bond donors (Lipinski definition) is 0. The quantitative estimate of drug-likeness (QED) is 0.594. The highest BCUT2D eigenvalue weighted by Gasteiger charge is 2.30. The molecule has 1 atom stereocenters. The number of Topliss-reactive ketones (excluding diaryl/α,β-unsaturated/α-hetero) is 1. The molecule has 1 aliphatic rings. The standard InChI is InChI=1S/C23H19NO2S/c25-20(17-9-3-1-4-10-17)16-24-19-13-7-8-14-21(19)27-22(15-23(24)26)18-11-5-2-6-12-18/h1-14,22H,15-16H2. The van der Waals surface area contributed by atoms with E-state index in [9.17, 15) is 9.59 Å². The van der Waals surface area contributed by atoms with Gasteiger partial charge < -0.3 is 4.90 Å². The van der Waals surface area contributed by atoms with Crippen LogP contribution in [0.2, 0.25) is 0 Å². The van der Waals surface area contributed by atoms with Crippen molar-refractivity contribution in [3.05, 3.63) is 96.1 Å². The summed E-state index contributed by atoms with van der Waals surface area (Å²) in [7, 11) is 0. The van der Waals surface area contributed by atoms with Crippen molar-refractivity contribution in [1.82, 2.24) is 0 Å². The summed E-state index contributed by atoms with van der Waals surface area (Å²) in [4.78, 5) is 28.5. The molecule has 3 nitrogen and oxygen atoms in total. The van der Waals surface area contributed by atoms with Crippen LogP contribution in [0.1, 0.15) is 27.6 Å². The first-order chi connectivity index (χ1) is 13.2. The van der Waals surface area contributed by atoms with Gasteiger partial charge in [-0.3, -0.25) is 9.59 Å². The van der Waals surface area contributed by atoms with Gasteiger partial charge in [0, 0.05) is 22.1 Å². The SMILES string of the molecule is O=C(CN1C(=O)CC(c2ccccc2)Sc2ccccc21)c1ccccc1. The van der Waals surface area contributed by atoms with Crippen molar-refractivity contribution in [2.75, 3.05) is 11.4 Å². The van der Waals surface area contributed by atoms with Gasteiger partial charge in [-0.25, -0.2) is 0 Å². The zero-order valence-electron chi connectivity index (χ0n) is 14.7. The molecule has 4 rings (SSSR count). The maximum atomic E-state index is 13.1. The van der Waals surface area contributed by atoms with E-state index in [0.29, 0.717) is 12.0 Å². The number of benzene rings is 3. The first kappa shape index (κ1) is 17.6. The highest BCUT2D eigenvalue weighted by molar-refractivity contribution is 7.99. The highest BCUT2D eigenvalue weighted by Crippen LogP contribution is 2.45. The topological polar surface area (TPSA) is 37.4 Å². The Hall–Kier alpha value is -2.85. The molecule has 0 spiro atoms. The third-order valence-electron chi connectivity index (χ3n) is 4.66. The summed E-state index contributed by atoms with van der Waals surface area (Å²) in [6.07, 6.45) is 0.366. The first-order valence-corrected chi connectivity index (χ1v) is 9.79. The number of anilines is 1. The monoisotopic (exact) mass is 373 g/mol. The number of carbonyl (C=O) groups is 2. The number of rotatable bonds is 4. The zero-order chi connectivity index (χ0) is 18.6. The summed E-state index contributed by atoms with van der Waals surface area (Å²) in [5.74, 6) is -0.0764. The third kappa shape index (κ3) is 3.81. The third-order valence-corrected chi connectivity index (χ3v) is 5.98. The van der Waals surface area contributed by atoms with Crippen LogP contribution in [0, 0.1) is 0 Å². The summed E-state index contributed by atoms with van der Waals surface area (Å²) in [6, 6.07) is 27.0. The van der Waals surface area contributed by atoms with Crippen LogP contribution in [0.25, 0.3) is 0 Å². The van der Waals surface area contributed by atoms with E-state index in [0.717, 1.165) is 16.1 Å². The summed E-state index contributed by atoms with van der Waals surface area (Å²) in [5.41, 5.74) is 2.57. The van der Waals surface area contributed by atoms with Gasteiger partial charge in [-0.1, -0.05) is 72.8 Å². The molecule has 0 N–H and O–H groups in total. The minimum atomic E-state index is -0.0538. The van der Waals surface area contributed by atoms with Crippen LogP contribution in [0.15, 0.2) is 89.8 Å². The molecule has 0 aliphatic carbocycles. The molecule has 4 heteroatoms. The predicted molar refractivity (Wildman–Crippen MR) is 109 cm³/mol. The van der Waals surface area contributed by atoms with Gasteiger partial charge >= 0.3 is 0 Å². The molecule has 0 saturated heterocycles. The number of fused-ring (bicyclic) bond motifs is 1. The fourth-order valence-electron chi connectivity index (χ4n) is 3.26. The molecular formula is C23H19NO2S. The zero-order valence-corrected chi connectivity index (χ0v) is 15.6. The van der Waals surface area contributed by atoms with E-state index in [1.165, 1.54) is 0 Å². The Morgan fingerprint density at radius 2 is 1.52 bits per heavy atom. The molecule has 1 amide bonds. The van der Waals surface area contributed by atoms with Crippen molar-refractivity contribution in [3.8, 4) is 0 Å². The summed E-state index contributed by atoms with van der Waals surface area (Å²) < 4.78 is 0. The molecule has 0 bridgehead atoms. The van der Waals surface area contributed by atoms with Crippen LogP contribution >= 0.6 is 11.8 Å². The van der Waals surface area contributed by atoms with Gasteiger partial charge in [0.05, 0.1) is 12.2 Å². The highest BCUT2D eigenvalue weighted by atomic mass is 32.2. The van der Waals surface area contributed by atoms with Crippen molar-refractivity contribution in [2.24, 2.45) is 0 Å². The second kappa shape index (κ2) is 7.80. The van der Waals surface area contributed by atoms with E-state index < -0.39 is 0 Å². The van der Waals surface area contributed by atoms with E-state index in [1.807, 2.05) is 60.7 Å².